The number of rotatable bonds is 9. The number of benzene rings is 2. The second-order valence-corrected chi connectivity index (χ2v) is 12.4. The van der Waals surface area contributed by atoms with Crippen molar-refractivity contribution in [3.63, 3.8) is 0 Å². The molecule has 0 aliphatic carbocycles. The van der Waals surface area contributed by atoms with Crippen molar-refractivity contribution in [3.8, 4) is 22.3 Å². The first-order valence-corrected chi connectivity index (χ1v) is 16.4. The van der Waals surface area contributed by atoms with E-state index < -0.39 is 0 Å². The van der Waals surface area contributed by atoms with Gasteiger partial charge in [-0.2, -0.15) is 0 Å². The zero-order valence-electron chi connectivity index (χ0n) is 27.7. The molecular formula is C40H31N9O2. The van der Waals surface area contributed by atoms with Gasteiger partial charge in [-0.3, -0.25) is 28.7 Å². The van der Waals surface area contributed by atoms with Crippen LogP contribution < -0.4 is 16.0 Å². The molecule has 8 rings (SSSR count). The van der Waals surface area contributed by atoms with E-state index in [9.17, 15) is 9.59 Å². The van der Waals surface area contributed by atoms with Crippen LogP contribution in [0.2, 0.25) is 0 Å². The standard InChI is InChI=1S/C40H31N9O2/c1-47(37-11-10-33(20-43-37)31-8-4-27(5-9-31)23-48-26-46-36-21-42-17-14-34(36)39(48)50)22-29-18-35-38(44-19-29)40(51)49(25-45-35)24-28-2-6-30(7-3-28)32-12-15-41-16-13-32/h2-21,25-26H,22-24H2,1H3. The van der Waals surface area contributed by atoms with Crippen LogP contribution in [0, 0.1) is 0 Å². The van der Waals surface area contributed by atoms with Gasteiger partial charge < -0.3 is 4.90 Å². The monoisotopic (exact) mass is 669 g/mol. The van der Waals surface area contributed by atoms with E-state index in [-0.39, 0.29) is 11.1 Å². The molecule has 0 radical (unpaired) electrons. The van der Waals surface area contributed by atoms with Gasteiger partial charge in [0.05, 0.1) is 48.4 Å². The van der Waals surface area contributed by atoms with Gasteiger partial charge in [-0.15, -0.1) is 0 Å². The molecule has 0 unspecified atom stereocenters. The third-order valence-corrected chi connectivity index (χ3v) is 8.87. The van der Waals surface area contributed by atoms with E-state index in [4.69, 9.17) is 4.98 Å². The molecule has 0 fully saturated rings. The van der Waals surface area contributed by atoms with Crippen LogP contribution in [0.4, 0.5) is 5.82 Å². The summed E-state index contributed by atoms with van der Waals surface area (Å²) < 4.78 is 3.19. The van der Waals surface area contributed by atoms with Crippen molar-refractivity contribution in [2.75, 3.05) is 11.9 Å². The quantitative estimate of drug-likeness (QED) is 0.189. The van der Waals surface area contributed by atoms with E-state index >= 15 is 0 Å². The van der Waals surface area contributed by atoms with Crippen LogP contribution in [0.1, 0.15) is 16.7 Å². The summed E-state index contributed by atoms with van der Waals surface area (Å²) in [6.45, 7) is 1.36. The normalized spacial score (nSPS) is 11.2. The first-order chi connectivity index (χ1) is 25.0. The van der Waals surface area contributed by atoms with Crippen LogP contribution in [0.15, 0.2) is 144 Å². The average Bonchev–Trinajstić information content (AvgIpc) is 3.18. The number of hydrogen-bond donors (Lipinski definition) is 0. The predicted octanol–water partition coefficient (Wildman–Crippen LogP) is 5.75. The molecule has 0 bridgehead atoms. The van der Waals surface area contributed by atoms with Gasteiger partial charge >= 0.3 is 0 Å². The number of nitrogens with zero attached hydrogens (tertiary/aromatic N) is 9. The van der Waals surface area contributed by atoms with Gasteiger partial charge in [-0.05, 0) is 69.8 Å². The molecule has 11 heteroatoms. The molecule has 0 amide bonds. The molecule has 8 aromatic rings. The smallest absolute Gasteiger partial charge is 0.280 e. The van der Waals surface area contributed by atoms with E-state index in [0.717, 1.165) is 44.8 Å². The summed E-state index contributed by atoms with van der Waals surface area (Å²) in [5.74, 6) is 0.798. The first-order valence-electron chi connectivity index (χ1n) is 16.4. The average molecular weight is 670 g/mol. The fourth-order valence-corrected chi connectivity index (χ4v) is 6.08. The molecule has 2 aromatic carbocycles. The summed E-state index contributed by atoms with van der Waals surface area (Å²) >= 11 is 0. The van der Waals surface area contributed by atoms with E-state index in [1.807, 2.05) is 97.0 Å². The lowest BCUT2D eigenvalue weighted by Crippen LogP contribution is -2.22. The minimum absolute atomic E-state index is 0.0926. The molecular weight excluding hydrogens is 639 g/mol. The van der Waals surface area contributed by atoms with Crippen LogP contribution in [0.25, 0.3) is 44.2 Å². The second kappa shape index (κ2) is 13.6. The lowest BCUT2D eigenvalue weighted by atomic mass is 10.1. The SMILES string of the molecule is CN(Cc1cnc2c(=O)n(Cc3ccc(-c4ccncc4)cc3)cnc2c1)c1ccc(-c2ccc(Cn3cnc4cnccc4c3=O)cc2)cn1. The van der Waals surface area contributed by atoms with Crippen molar-refractivity contribution >= 4 is 27.8 Å². The van der Waals surface area contributed by atoms with E-state index in [2.05, 4.69) is 24.9 Å². The van der Waals surface area contributed by atoms with Crippen molar-refractivity contribution in [2.45, 2.75) is 19.6 Å². The van der Waals surface area contributed by atoms with Gasteiger partial charge in [0.25, 0.3) is 11.1 Å². The van der Waals surface area contributed by atoms with Crippen LogP contribution >= 0.6 is 0 Å². The molecule has 0 atom stereocenters. The number of fused-ring (bicyclic) bond motifs is 2. The molecule has 0 saturated carbocycles. The fourth-order valence-electron chi connectivity index (χ4n) is 6.08. The summed E-state index contributed by atoms with van der Waals surface area (Å²) in [4.78, 5) is 54.5. The highest BCUT2D eigenvalue weighted by Crippen LogP contribution is 2.23. The third kappa shape index (κ3) is 6.60. The Labute approximate surface area is 292 Å². The number of anilines is 1. The van der Waals surface area contributed by atoms with Crippen molar-refractivity contribution in [1.82, 2.24) is 39.0 Å². The Morgan fingerprint density at radius 3 is 1.84 bits per heavy atom. The van der Waals surface area contributed by atoms with E-state index in [0.29, 0.717) is 41.6 Å². The maximum atomic E-state index is 13.3. The van der Waals surface area contributed by atoms with Crippen molar-refractivity contribution in [3.05, 3.63) is 172 Å². The Bertz CT molecular complexity index is 2600. The molecule has 11 nitrogen and oxygen atoms in total. The largest absolute Gasteiger partial charge is 0.355 e. The highest BCUT2D eigenvalue weighted by atomic mass is 16.1. The Hall–Kier alpha value is -6.88. The third-order valence-electron chi connectivity index (χ3n) is 8.87. The Balaban J connectivity index is 0.913. The van der Waals surface area contributed by atoms with Crippen molar-refractivity contribution in [2.24, 2.45) is 0 Å². The maximum absolute atomic E-state index is 13.3. The van der Waals surface area contributed by atoms with Gasteiger partial charge in [0.1, 0.15) is 5.82 Å². The molecule has 51 heavy (non-hydrogen) atoms. The summed E-state index contributed by atoms with van der Waals surface area (Å²) in [7, 11) is 1.96. The number of aromatic nitrogens is 8. The Kier molecular flexibility index (Phi) is 8.34. The second-order valence-electron chi connectivity index (χ2n) is 12.4. The molecule has 0 spiro atoms. The fraction of sp³-hybridized carbons (Fsp3) is 0.100. The predicted molar refractivity (Wildman–Crippen MR) is 197 cm³/mol. The summed E-state index contributed by atoms with van der Waals surface area (Å²) in [5, 5.41) is 0.551. The van der Waals surface area contributed by atoms with Crippen molar-refractivity contribution < 1.29 is 0 Å². The van der Waals surface area contributed by atoms with Crippen LogP contribution in [0.5, 0.6) is 0 Å². The number of pyridine rings is 4. The van der Waals surface area contributed by atoms with Crippen molar-refractivity contribution in [1.29, 1.82) is 0 Å². The van der Waals surface area contributed by atoms with E-state index in [1.165, 1.54) is 0 Å². The number of hydrogen-bond acceptors (Lipinski definition) is 9. The van der Waals surface area contributed by atoms with Gasteiger partial charge in [0.15, 0.2) is 5.52 Å². The van der Waals surface area contributed by atoms with Crippen LogP contribution in [0.3, 0.4) is 0 Å². The lowest BCUT2D eigenvalue weighted by Gasteiger charge is -2.18. The van der Waals surface area contributed by atoms with Crippen LogP contribution in [-0.4, -0.2) is 46.1 Å². The molecule has 0 saturated heterocycles. The zero-order chi connectivity index (χ0) is 34.7. The molecule has 0 aliphatic rings. The summed E-state index contributed by atoms with van der Waals surface area (Å²) in [6.07, 6.45) is 13.5. The van der Waals surface area contributed by atoms with E-state index in [1.54, 1.807) is 58.8 Å². The van der Waals surface area contributed by atoms with Crippen LogP contribution in [-0.2, 0) is 19.6 Å². The minimum atomic E-state index is -0.180. The Morgan fingerprint density at radius 1 is 0.549 bits per heavy atom. The van der Waals surface area contributed by atoms with Gasteiger partial charge in [-0.1, -0.05) is 48.5 Å². The zero-order valence-corrected chi connectivity index (χ0v) is 27.7. The highest BCUT2D eigenvalue weighted by molar-refractivity contribution is 5.76. The Morgan fingerprint density at radius 2 is 1.16 bits per heavy atom. The lowest BCUT2D eigenvalue weighted by molar-refractivity contribution is 0.745. The molecule has 248 valence electrons. The molecule has 0 aliphatic heterocycles. The topological polar surface area (TPSA) is 125 Å². The van der Waals surface area contributed by atoms with Gasteiger partial charge in [0, 0.05) is 50.1 Å². The first kappa shape index (κ1) is 31.4. The molecule has 0 N–H and O–H groups in total. The molecule has 6 heterocycles. The highest BCUT2D eigenvalue weighted by Gasteiger charge is 2.11. The molecule has 6 aromatic heterocycles. The minimum Gasteiger partial charge on any atom is -0.355 e. The summed E-state index contributed by atoms with van der Waals surface area (Å²) in [5.41, 5.74) is 8.29. The maximum Gasteiger partial charge on any atom is 0.280 e. The summed E-state index contributed by atoms with van der Waals surface area (Å²) in [6, 6.07) is 27.8. The van der Waals surface area contributed by atoms with Gasteiger partial charge in [0.2, 0.25) is 0 Å². The van der Waals surface area contributed by atoms with Gasteiger partial charge in [-0.25, -0.2) is 19.9 Å².